The fourth-order valence-corrected chi connectivity index (χ4v) is 4.65. The molecule has 9 nitrogen and oxygen atoms in total. The Balaban J connectivity index is 0.000000550. The standard InChI is InChI=1S/C24H36FN3O2.C4H4O4/c1-3-5-6-7-8-9-10-11-23(29)28(4-2)27-16-14-19(15-17-27)24-21-13-12-20(25)18-22(21)30-26-24;5-3(6)1-2-4(7)8/h12-13,18-19H,3-11,14-17H2,1-2H3;1-2H,(H,5,6)(H,7,8)/b;2-1+. The maximum Gasteiger partial charge on any atom is 0.328 e. The third kappa shape index (κ3) is 10.2. The topological polar surface area (TPSA) is 124 Å². The van der Waals surface area contributed by atoms with Crippen molar-refractivity contribution in [2.45, 2.75) is 84.0 Å². The van der Waals surface area contributed by atoms with Crippen molar-refractivity contribution in [3.63, 3.8) is 0 Å². The van der Waals surface area contributed by atoms with E-state index in [1.807, 2.05) is 5.01 Å². The van der Waals surface area contributed by atoms with Crippen LogP contribution in [0.2, 0.25) is 0 Å². The number of benzene rings is 1. The van der Waals surface area contributed by atoms with Gasteiger partial charge in [0.15, 0.2) is 5.58 Å². The molecule has 0 spiro atoms. The van der Waals surface area contributed by atoms with Gasteiger partial charge in [-0.05, 0) is 38.3 Å². The molecule has 210 valence electrons. The zero-order valence-electron chi connectivity index (χ0n) is 22.4. The summed E-state index contributed by atoms with van der Waals surface area (Å²) in [5, 5.41) is 24.9. The molecular formula is C28H40FN3O6. The number of carbonyl (C=O) groups is 3. The number of fused-ring (bicyclic) bond motifs is 1. The van der Waals surface area contributed by atoms with Gasteiger partial charge in [-0.25, -0.2) is 19.0 Å². The lowest BCUT2D eigenvalue weighted by molar-refractivity contribution is -0.151. The van der Waals surface area contributed by atoms with Crippen LogP contribution in [0.4, 0.5) is 4.39 Å². The number of carboxylic acids is 2. The van der Waals surface area contributed by atoms with Crippen LogP contribution in [0.3, 0.4) is 0 Å². The SMILES string of the molecule is CCCCCCCCCC(=O)N(CC)N1CCC(c2noc3cc(F)ccc23)CC1.O=C(O)/C=C/C(=O)O. The number of unbranched alkanes of at least 4 members (excludes halogenated alkanes) is 6. The van der Waals surface area contributed by atoms with Gasteiger partial charge in [-0.15, -0.1) is 0 Å². The van der Waals surface area contributed by atoms with Crippen LogP contribution in [0.15, 0.2) is 34.9 Å². The molecule has 1 fully saturated rings. The van der Waals surface area contributed by atoms with Crippen LogP contribution >= 0.6 is 0 Å². The van der Waals surface area contributed by atoms with Crippen LogP contribution in [0, 0.1) is 5.82 Å². The average molecular weight is 534 g/mol. The second-order valence-corrected chi connectivity index (χ2v) is 9.43. The molecule has 2 aromatic rings. The Morgan fingerprint density at radius 2 is 1.63 bits per heavy atom. The number of hydrogen-bond donors (Lipinski definition) is 2. The molecule has 0 bridgehead atoms. The van der Waals surface area contributed by atoms with Crippen molar-refractivity contribution < 1.29 is 33.5 Å². The van der Waals surface area contributed by atoms with Gasteiger partial charge >= 0.3 is 11.9 Å². The lowest BCUT2D eigenvalue weighted by Gasteiger charge is -2.39. The van der Waals surface area contributed by atoms with Gasteiger partial charge in [0.05, 0.1) is 5.69 Å². The molecule has 10 heteroatoms. The molecule has 0 atom stereocenters. The third-order valence-electron chi connectivity index (χ3n) is 6.61. The second kappa shape index (κ2) is 16.5. The fourth-order valence-electron chi connectivity index (χ4n) is 4.65. The first kappa shape index (κ1) is 31.0. The zero-order valence-corrected chi connectivity index (χ0v) is 22.4. The van der Waals surface area contributed by atoms with E-state index in [0.717, 1.165) is 49.9 Å². The van der Waals surface area contributed by atoms with E-state index in [9.17, 15) is 18.8 Å². The van der Waals surface area contributed by atoms with E-state index in [-0.39, 0.29) is 17.6 Å². The highest BCUT2D eigenvalue weighted by molar-refractivity contribution is 5.89. The number of rotatable bonds is 13. The minimum Gasteiger partial charge on any atom is -0.478 e. The highest BCUT2D eigenvalue weighted by Crippen LogP contribution is 2.33. The first-order valence-electron chi connectivity index (χ1n) is 13.5. The summed E-state index contributed by atoms with van der Waals surface area (Å²) in [7, 11) is 0. The summed E-state index contributed by atoms with van der Waals surface area (Å²) >= 11 is 0. The molecule has 1 aromatic heterocycles. The largest absolute Gasteiger partial charge is 0.478 e. The molecule has 1 aliphatic rings. The number of hydrazine groups is 1. The molecule has 0 unspecified atom stereocenters. The minimum atomic E-state index is -1.26. The van der Waals surface area contributed by atoms with Gasteiger partial charge in [0.2, 0.25) is 5.91 Å². The molecule has 1 saturated heterocycles. The van der Waals surface area contributed by atoms with Gasteiger partial charge in [0, 0.05) is 55.6 Å². The van der Waals surface area contributed by atoms with Crippen molar-refractivity contribution >= 4 is 28.8 Å². The molecule has 0 aliphatic carbocycles. The Labute approximate surface area is 223 Å². The van der Waals surface area contributed by atoms with Gasteiger partial charge in [0.1, 0.15) is 5.82 Å². The number of carboxylic acid groups (broad SMARTS) is 2. The van der Waals surface area contributed by atoms with Crippen molar-refractivity contribution in [2.75, 3.05) is 19.6 Å². The minimum absolute atomic E-state index is 0.242. The average Bonchev–Trinajstić information content (AvgIpc) is 3.31. The fraction of sp³-hybridized carbons (Fsp3) is 0.571. The number of aliphatic carboxylic acids is 2. The monoisotopic (exact) mass is 533 g/mol. The highest BCUT2D eigenvalue weighted by atomic mass is 19.1. The van der Waals surface area contributed by atoms with Crippen LogP contribution in [-0.2, 0) is 14.4 Å². The molecule has 2 N–H and O–H groups in total. The normalized spacial score (nSPS) is 14.4. The van der Waals surface area contributed by atoms with Crippen LogP contribution in [-0.4, -0.2) is 62.9 Å². The number of halogens is 1. The van der Waals surface area contributed by atoms with Gasteiger partial charge in [-0.1, -0.05) is 50.6 Å². The summed E-state index contributed by atoms with van der Waals surface area (Å²) in [5.41, 5.74) is 1.43. The van der Waals surface area contributed by atoms with Crippen molar-refractivity contribution in [1.82, 2.24) is 15.2 Å². The smallest absolute Gasteiger partial charge is 0.328 e. The summed E-state index contributed by atoms with van der Waals surface area (Å²) < 4.78 is 18.7. The van der Waals surface area contributed by atoms with E-state index in [1.165, 1.54) is 44.2 Å². The maximum absolute atomic E-state index is 13.4. The molecule has 1 amide bonds. The van der Waals surface area contributed by atoms with Crippen molar-refractivity contribution in [3.05, 3.63) is 41.9 Å². The zero-order chi connectivity index (χ0) is 27.9. The Bertz CT molecular complexity index is 1050. The predicted molar refractivity (Wildman–Crippen MR) is 142 cm³/mol. The lowest BCUT2D eigenvalue weighted by Crippen LogP contribution is -2.49. The number of nitrogens with zero attached hydrogens (tertiary/aromatic N) is 3. The Morgan fingerprint density at radius 1 is 1.03 bits per heavy atom. The second-order valence-electron chi connectivity index (χ2n) is 9.43. The van der Waals surface area contributed by atoms with Gasteiger partial charge in [-0.2, -0.15) is 0 Å². The molecule has 38 heavy (non-hydrogen) atoms. The number of aromatic nitrogens is 1. The van der Waals surface area contributed by atoms with E-state index in [2.05, 4.69) is 24.0 Å². The highest BCUT2D eigenvalue weighted by Gasteiger charge is 2.29. The summed E-state index contributed by atoms with van der Waals surface area (Å²) in [6.45, 7) is 6.66. The van der Waals surface area contributed by atoms with E-state index < -0.39 is 11.9 Å². The van der Waals surface area contributed by atoms with E-state index in [4.69, 9.17) is 14.7 Å². The molecule has 2 heterocycles. The Morgan fingerprint density at radius 3 is 2.21 bits per heavy atom. The first-order valence-corrected chi connectivity index (χ1v) is 13.5. The first-order chi connectivity index (χ1) is 18.3. The van der Waals surface area contributed by atoms with Crippen molar-refractivity contribution in [3.8, 4) is 0 Å². The quantitative estimate of drug-likeness (QED) is 0.246. The van der Waals surface area contributed by atoms with E-state index in [0.29, 0.717) is 30.7 Å². The van der Waals surface area contributed by atoms with E-state index >= 15 is 0 Å². The van der Waals surface area contributed by atoms with Gasteiger partial charge in [-0.3, -0.25) is 9.80 Å². The van der Waals surface area contributed by atoms with E-state index in [1.54, 1.807) is 6.07 Å². The van der Waals surface area contributed by atoms with Crippen LogP contribution < -0.4 is 0 Å². The molecule has 1 aliphatic heterocycles. The number of amides is 1. The number of carbonyl (C=O) groups excluding carboxylic acids is 1. The molecule has 0 saturated carbocycles. The molecule has 3 rings (SSSR count). The summed E-state index contributed by atoms with van der Waals surface area (Å²) in [6.07, 6.45) is 12.2. The predicted octanol–water partition coefficient (Wildman–Crippen LogP) is 5.76. The van der Waals surface area contributed by atoms with Crippen LogP contribution in [0.25, 0.3) is 11.0 Å². The number of hydrogen-bond acceptors (Lipinski definition) is 6. The Kier molecular flexibility index (Phi) is 13.5. The maximum atomic E-state index is 13.4. The molecule has 1 aromatic carbocycles. The number of piperidine rings is 1. The molecule has 0 radical (unpaired) electrons. The van der Waals surface area contributed by atoms with Crippen LogP contribution in [0.1, 0.15) is 89.7 Å². The third-order valence-corrected chi connectivity index (χ3v) is 6.61. The van der Waals surface area contributed by atoms with Crippen molar-refractivity contribution in [1.29, 1.82) is 0 Å². The summed E-state index contributed by atoms with van der Waals surface area (Å²) in [4.78, 5) is 31.9. The van der Waals surface area contributed by atoms with Crippen molar-refractivity contribution in [2.24, 2.45) is 0 Å². The summed E-state index contributed by atoms with van der Waals surface area (Å²) in [6, 6.07) is 4.61. The van der Waals surface area contributed by atoms with Crippen LogP contribution in [0.5, 0.6) is 0 Å². The van der Waals surface area contributed by atoms with Gasteiger partial charge in [0.25, 0.3) is 0 Å². The van der Waals surface area contributed by atoms with Gasteiger partial charge < -0.3 is 14.7 Å². The lowest BCUT2D eigenvalue weighted by atomic mass is 9.92. The Hall–Kier alpha value is -3.27. The summed E-state index contributed by atoms with van der Waals surface area (Å²) in [5.74, 6) is -2.30. The molecular weight excluding hydrogens is 493 g/mol.